The summed E-state index contributed by atoms with van der Waals surface area (Å²) >= 11 is 5.75. The summed E-state index contributed by atoms with van der Waals surface area (Å²) in [7, 11) is 0. The van der Waals surface area contributed by atoms with E-state index < -0.39 is 65.3 Å². The van der Waals surface area contributed by atoms with Crippen molar-refractivity contribution in [3.8, 4) is 35.2 Å². The highest BCUT2D eigenvalue weighted by molar-refractivity contribution is 8.00. The lowest BCUT2D eigenvalue weighted by Crippen LogP contribution is -2.41. The van der Waals surface area contributed by atoms with Crippen LogP contribution in [0.3, 0.4) is 0 Å². The van der Waals surface area contributed by atoms with E-state index in [1.165, 1.54) is 28.8 Å². The molecular formula is C102H146N6O22S2. The number of hydrogen-bond donors (Lipinski definition) is 9. The van der Waals surface area contributed by atoms with Crippen LogP contribution in [0.4, 0.5) is 0 Å². The van der Waals surface area contributed by atoms with Gasteiger partial charge in [0.05, 0.1) is 41.1 Å². The summed E-state index contributed by atoms with van der Waals surface area (Å²) in [5.41, 5.74) is 3.97. The van der Waals surface area contributed by atoms with Crippen LogP contribution in [0.1, 0.15) is 275 Å². The van der Waals surface area contributed by atoms with Crippen LogP contribution >= 0.6 is 24.4 Å². The van der Waals surface area contributed by atoms with E-state index in [0.29, 0.717) is 129 Å². The van der Waals surface area contributed by atoms with E-state index in [9.17, 15) is 72.9 Å². The molecule has 28 nitrogen and oxygen atoms in total. The standard InChI is InChI=1S/C51H73N3O11S.C38H53NO7S.C13H20N2O4/c1-4-6-16-34(3)40(55)24-23-38-41(32-42-47(38)39-21-13-17-35(48(39)64-42)18-14-22-46(58)59)65-51(62)37-20-10-9-19-36(37)49(60)53-26-11-7-8-12-31-66-43-33-45(57)54(50(43)61)28-25-44(56)52-27-15-30-63-29-5-2;1-3-4-13-25(2)31(40)21-20-29-32(24-33-35(29)30-18-11-14-26(36(30)45-33)15-12-19-34(41)42)46-38(44)28-17-8-7-16-27(28)37(43)39-22-9-5-6-10-23-47;1-2-9-19-10-3-7-14-11(16)6-8-15-12(17)4-5-13(15)18/h13,17,21,23-24,34,36-38,40-43,47,55H,5,7-12,14-16,18-20,22,25-33H2,1-3H3,(H,52,56)(H,53,60)(H,58,59);11,14,18,20-21,25,27-29,31-33,35,40,47H,5-10,12-13,15-17,19,22-24H2,1-2H3,(H,39,43)(H,41,42);4-5H,2-3,6-10H2,1H3,(H,14,16)/b24-23+;21-20+;/t34?,36?,37?,38-,40+,41?,42-,43?,47-;25?,27?,28?,29-,31+,32?,33-,35-;/m00./s1. The lowest BCUT2D eigenvalue weighted by molar-refractivity contribution is -0.161. The second kappa shape index (κ2) is 59.0. The number of esters is 2. The van der Waals surface area contributed by atoms with E-state index in [0.717, 1.165) is 153 Å². The Morgan fingerprint density at radius 2 is 0.962 bits per heavy atom. The Bertz CT molecular complexity index is 4310. The molecule has 0 aromatic heterocycles. The quantitative estimate of drug-likeness (QED) is 0.00742. The number of benzene rings is 2. The molecule has 132 heavy (non-hydrogen) atoms. The molecule has 2 aromatic carbocycles. The number of nitrogens with one attached hydrogen (secondary N) is 4. The summed E-state index contributed by atoms with van der Waals surface area (Å²) < 4.78 is 36.5. The minimum atomic E-state index is -0.839. The maximum Gasteiger partial charge on any atom is 0.310 e. The summed E-state index contributed by atoms with van der Waals surface area (Å²) in [6.07, 6.45) is 28.8. The van der Waals surface area contributed by atoms with E-state index in [2.05, 4.69) is 57.6 Å². The zero-order valence-corrected chi connectivity index (χ0v) is 80.2. The fraction of sp³-hybridized carbons (Fsp3) is 0.667. The maximum atomic E-state index is 14.1. The third-order valence-electron chi connectivity index (χ3n) is 26.0. The molecule has 4 saturated carbocycles. The molecule has 0 radical (unpaired) electrons. The maximum absolute atomic E-state index is 14.1. The Balaban J connectivity index is 0.000000281. The molecular weight excluding hydrogens is 1730 g/mol. The number of rotatable bonds is 54. The summed E-state index contributed by atoms with van der Waals surface area (Å²) in [6, 6.07) is 12.0. The Labute approximate surface area is 790 Å². The van der Waals surface area contributed by atoms with Crippen molar-refractivity contribution in [2.45, 2.75) is 307 Å². The number of amides is 8. The number of thiol groups is 1. The fourth-order valence-electron chi connectivity index (χ4n) is 18.6. The number of imide groups is 2. The van der Waals surface area contributed by atoms with Crippen LogP contribution in [0.25, 0.3) is 0 Å². The number of likely N-dealkylation sites (tertiary alicyclic amines) is 1. The van der Waals surface area contributed by atoms with Crippen molar-refractivity contribution in [1.29, 1.82) is 0 Å². The molecule has 1 saturated heterocycles. The topological polar surface area (TPSA) is 396 Å². The highest BCUT2D eigenvalue weighted by Crippen LogP contribution is 2.55. The van der Waals surface area contributed by atoms with Gasteiger partial charge in [-0.2, -0.15) is 12.6 Å². The van der Waals surface area contributed by atoms with Crippen LogP contribution in [0.2, 0.25) is 0 Å². The number of para-hydroxylation sites is 2. The van der Waals surface area contributed by atoms with Crippen LogP contribution in [-0.2, 0) is 89.3 Å². The number of aryl methyl sites for hydroxylation is 2. The van der Waals surface area contributed by atoms with Gasteiger partial charge in [0.2, 0.25) is 35.4 Å². The third kappa shape index (κ3) is 34.4. The summed E-state index contributed by atoms with van der Waals surface area (Å²) in [4.78, 5) is 151. The smallest absolute Gasteiger partial charge is 0.310 e. The Morgan fingerprint density at radius 1 is 0.538 bits per heavy atom. The monoisotopic (exact) mass is 1870 g/mol. The number of aliphatic hydroxyl groups is 2. The first kappa shape index (κ1) is 108. The second-order valence-electron chi connectivity index (χ2n) is 35.9. The molecule has 728 valence electrons. The number of unbranched alkanes of at least 4 members (excludes halogenated alkanes) is 6. The SMILES string of the molecule is CC#CCC(C)[C@H](O)/C=C/[C@H]1C(OC(=O)C2CCCCC2C(=O)NCCCCCCS)C[C@@H]2Oc3c(CCCC(=O)O)cccc3[C@@H]21.CC#CCC(C)[C@H](O)/C=C/[C@H]1C(OC(=O)C2CCCCC2C(=O)NCCCCCCSC2CC(=O)N(CCC(=O)NCCCOCCC)C2=O)C[C@@H]2Oc3c(CCCC(=O)O)cccc3[C@@H]21.CCCOCCCNC(=O)CCN1C(=O)C=CC1=O. The van der Waals surface area contributed by atoms with Gasteiger partial charge in [-0.25, -0.2) is 0 Å². The predicted molar refractivity (Wildman–Crippen MR) is 507 cm³/mol. The largest absolute Gasteiger partial charge is 0.489 e. The van der Waals surface area contributed by atoms with Gasteiger partial charge in [0, 0.05) is 170 Å². The number of carbonyl (C=O) groups is 12. The van der Waals surface area contributed by atoms with E-state index in [-0.39, 0.29) is 152 Å². The molecule has 8 aliphatic rings. The Morgan fingerprint density at radius 3 is 1.39 bits per heavy atom. The number of hydrogen-bond acceptors (Lipinski definition) is 22. The molecule has 5 fully saturated rings. The van der Waals surface area contributed by atoms with Gasteiger partial charge in [-0.3, -0.25) is 67.3 Å². The molecule has 8 amide bonds. The summed E-state index contributed by atoms with van der Waals surface area (Å²) in [6.45, 7) is 16.5. The van der Waals surface area contributed by atoms with Crippen molar-refractivity contribution < 1.29 is 106 Å². The molecule has 4 aliphatic heterocycles. The molecule has 0 spiro atoms. The first-order valence-electron chi connectivity index (χ1n) is 48.6. The van der Waals surface area contributed by atoms with Crippen LogP contribution < -0.4 is 30.7 Å². The van der Waals surface area contributed by atoms with Gasteiger partial charge in [0.15, 0.2) is 0 Å². The van der Waals surface area contributed by atoms with E-state index in [1.54, 1.807) is 26.0 Å². The molecule has 4 aliphatic carbocycles. The highest BCUT2D eigenvalue weighted by Gasteiger charge is 2.54. The number of aliphatic carboxylic acids is 2. The molecule has 10 rings (SSSR count). The van der Waals surface area contributed by atoms with Gasteiger partial charge >= 0.3 is 23.9 Å². The van der Waals surface area contributed by atoms with E-state index >= 15 is 0 Å². The second-order valence-corrected chi connectivity index (χ2v) is 37.7. The number of ether oxygens (including phenoxy) is 6. The van der Waals surface area contributed by atoms with E-state index in [1.807, 2.05) is 76.2 Å². The van der Waals surface area contributed by atoms with Gasteiger partial charge in [0.1, 0.15) is 35.9 Å². The van der Waals surface area contributed by atoms with Crippen molar-refractivity contribution in [2.75, 3.05) is 77.2 Å². The Hall–Kier alpha value is -9.04. The van der Waals surface area contributed by atoms with Crippen LogP contribution in [0, 0.1) is 71.0 Å². The number of nitrogens with zero attached hydrogens (tertiary/aromatic N) is 2. The van der Waals surface area contributed by atoms with Crippen molar-refractivity contribution >= 4 is 95.5 Å². The molecule has 8 N–H and O–H groups in total. The minimum absolute atomic E-state index is 0.0550. The fourth-order valence-corrected chi connectivity index (χ4v) is 20.0. The van der Waals surface area contributed by atoms with Crippen molar-refractivity contribution in [2.24, 2.45) is 47.3 Å². The summed E-state index contributed by atoms with van der Waals surface area (Å²) in [5, 5.41) is 51.6. The number of aliphatic hydroxyl groups excluding tert-OH is 2. The first-order valence-corrected chi connectivity index (χ1v) is 50.3. The third-order valence-corrected chi connectivity index (χ3v) is 27.6. The van der Waals surface area contributed by atoms with Crippen LogP contribution in [0.15, 0.2) is 72.9 Å². The number of carboxylic acids is 2. The van der Waals surface area contributed by atoms with Gasteiger partial charge in [-0.1, -0.05) is 140 Å². The molecule has 9 unspecified atom stereocenters. The van der Waals surface area contributed by atoms with Crippen molar-refractivity contribution in [1.82, 2.24) is 31.1 Å². The lowest BCUT2D eigenvalue weighted by atomic mass is 9.78. The predicted octanol–water partition coefficient (Wildman–Crippen LogP) is 13.0. The minimum Gasteiger partial charge on any atom is -0.489 e. The average molecular weight is 1870 g/mol. The molecule has 4 heterocycles. The number of carboxylic acid groups (broad SMARTS) is 2. The van der Waals surface area contributed by atoms with Crippen molar-refractivity contribution in [3.05, 3.63) is 95.1 Å². The molecule has 30 heteroatoms. The van der Waals surface area contributed by atoms with E-state index in [4.69, 9.17) is 33.5 Å². The molecule has 17 atom stereocenters. The zero-order valence-electron chi connectivity index (χ0n) is 78.5. The van der Waals surface area contributed by atoms with Gasteiger partial charge in [-0.15, -0.1) is 35.4 Å². The lowest BCUT2D eigenvalue weighted by Gasteiger charge is -2.31. The normalized spacial score (nSPS) is 23.4. The summed E-state index contributed by atoms with van der Waals surface area (Å²) in [5.74, 6) is 8.18. The van der Waals surface area contributed by atoms with Gasteiger partial charge in [0.25, 0.3) is 11.8 Å². The molecule has 0 bridgehead atoms. The van der Waals surface area contributed by atoms with Gasteiger partial charge in [-0.05, 0) is 151 Å². The van der Waals surface area contributed by atoms with Crippen molar-refractivity contribution in [3.63, 3.8) is 0 Å². The number of thioether (sulfide) groups is 1. The first-order chi connectivity index (χ1) is 63.8. The zero-order chi connectivity index (χ0) is 95.3. The molecule has 2 aromatic rings. The van der Waals surface area contributed by atoms with Crippen LogP contribution in [0.5, 0.6) is 11.5 Å². The van der Waals surface area contributed by atoms with Gasteiger partial charge < -0.3 is 70.1 Å². The Kier molecular flexibility index (Phi) is 48.4. The highest BCUT2D eigenvalue weighted by atomic mass is 32.2. The average Bonchev–Trinajstić information content (AvgIpc) is 1.59. The number of fused-ring (bicyclic) bond motifs is 6. The number of carbonyl (C=O) groups excluding carboxylic acids is 10. The van der Waals surface area contributed by atoms with Crippen LogP contribution in [-0.4, -0.2) is 220 Å².